The van der Waals surface area contributed by atoms with Crippen molar-refractivity contribution in [3.05, 3.63) is 33.8 Å². The van der Waals surface area contributed by atoms with Crippen LogP contribution in [0.3, 0.4) is 0 Å². The highest BCUT2D eigenvalue weighted by Gasteiger charge is 2.03. The third-order valence-electron chi connectivity index (χ3n) is 1.40. The first-order chi connectivity index (χ1) is 6.25. The first-order valence-electron chi connectivity index (χ1n) is 3.42. The van der Waals surface area contributed by atoms with E-state index in [1.807, 2.05) is 0 Å². The molecule has 0 amide bonds. The number of nitrogens with zero attached hydrogens (tertiary/aromatic N) is 3. The van der Waals surface area contributed by atoms with Crippen LogP contribution >= 0.6 is 23.2 Å². The highest BCUT2D eigenvalue weighted by Crippen LogP contribution is 2.24. The lowest BCUT2D eigenvalue weighted by atomic mass is 10.2. The highest BCUT2D eigenvalue weighted by molar-refractivity contribution is 6.35. The number of benzene rings is 1. The van der Waals surface area contributed by atoms with Gasteiger partial charge in [-0.2, -0.15) is 10.6 Å². The lowest BCUT2D eigenvalue weighted by molar-refractivity contribution is 0.827. The molecule has 0 saturated carbocycles. The number of rotatable bonds is 3. The summed E-state index contributed by atoms with van der Waals surface area (Å²) >= 11 is 11.7. The topological polar surface area (TPSA) is 60.9 Å². The Morgan fingerprint density at radius 3 is 2.38 bits per heavy atom. The molecule has 1 aromatic rings. The Hall–Kier alpha value is -1.00. The molecule has 0 radical (unpaired) electrons. The maximum atomic E-state index is 6.37. The van der Waals surface area contributed by atoms with Crippen LogP contribution in [0.2, 0.25) is 10.0 Å². The van der Waals surface area contributed by atoms with Gasteiger partial charge in [0.15, 0.2) is 0 Å². The van der Waals surface area contributed by atoms with Gasteiger partial charge < -0.3 is 0 Å². The van der Waals surface area contributed by atoms with E-state index in [0.717, 1.165) is 0 Å². The second kappa shape index (κ2) is 4.89. The highest BCUT2D eigenvalue weighted by atomic mass is 35.5. The van der Waals surface area contributed by atoms with E-state index in [9.17, 15) is 0 Å². The zero-order chi connectivity index (χ0) is 9.68. The molecule has 0 aromatic heterocycles. The van der Waals surface area contributed by atoms with E-state index in [1.165, 1.54) is 0 Å². The van der Waals surface area contributed by atoms with Crippen LogP contribution < -0.4 is 0 Å². The van der Waals surface area contributed by atoms with Gasteiger partial charge in [-0.05, 0) is 22.6 Å². The van der Waals surface area contributed by atoms with Crippen molar-refractivity contribution >= 4 is 23.2 Å². The molecule has 0 aliphatic carbocycles. The molecule has 1 aromatic carbocycles. The summed E-state index contributed by atoms with van der Waals surface area (Å²) in [5, 5.41) is 10.5. The molecule has 0 atom stereocenters. The molecule has 6 heteroatoms. The first-order valence-corrected chi connectivity index (χ1v) is 4.17. The average Bonchev–Trinajstić information content (AvgIpc) is 2.10. The van der Waals surface area contributed by atoms with Crippen molar-refractivity contribution in [1.29, 1.82) is 5.53 Å². The van der Waals surface area contributed by atoms with Crippen molar-refractivity contribution in [2.45, 2.75) is 6.54 Å². The molecule has 0 saturated heterocycles. The summed E-state index contributed by atoms with van der Waals surface area (Å²) in [5.74, 6) is 0. The molecule has 0 spiro atoms. The smallest absolute Gasteiger partial charge is 0.0901 e. The second-order valence-corrected chi connectivity index (χ2v) is 3.00. The summed E-state index contributed by atoms with van der Waals surface area (Å²) in [4.78, 5) is 0. The average molecular weight is 217 g/mol. The van der Waals surface area contributed by atoms with E-state index in [0.29, 0.717) is 15.6 Å². The van der Waals surface area contributed by atoms with Gasteiger partial charge in [0.05, 0.1) is 6.54 Å². The van der Waals surface area contributed by atoms with E-state index in [4.69, 9.17) is 28.7 Å². The fourth-order valence-electron chi connectivity index (χ4n) is 0.817. The van der Waals surface area contributed by atoms with Crippen molar-refractivity contribution < 1.29 is 0 Å². The van der Waals surface area contributed by atoms with Gasteiger partial charge in [-0.1, -0.05) is 29.3 Å². The summed E-state index contributed by atoms with van der Waals surface area (Å²) in [7, 11) is 0. The summed E-state index contributed by atoms with van der Waals surface area (Å²) in [6.07, 6.45) is 0. The largest absolute Gasteiger partial charge is 0.183 e. The number of nitrogens with one attached hydrogen (secondary N) is 1. The van der Waals surface area contributed by atoms with Crippen LogP contribution in [0.25, 0.3) is 0 Å². The van der Waals surface area contributed by atoms with Gasteiger partial charge in [-0.25, -0.2) is 0 Å². The number of hydrogen-bond donors (Lipinski definition) is 1. The van der Waals surface area contributed by atoms with Gasteiger partial charge in [0.1, 0.15) is 0 Å². The van der Waals surface area contributed by atoms with Crippen molar-refractivity contribution in [2.24, 2.45) is 15.6 Å². The Kier molecular flexibility index (Phi) is 3.79. The lowest BCUT2D eigenvalue weighted by Gasteiger charge is -2.01. The van der Waals surface area contributed by atoms with Crippen LogP contribution in [0, 0.1) is 5.53 Å². The van der Waals surface area contributed by atoms with E-state index in [2.05, 4.69) is 15.6 Å². The number of hydrogen-bond acceptors (Lipinski definition) is 2. The first kappa shape index (κ1) is 10.1. The van der Waals surface area contributed by atoms with Crippen LogP contribution in [-0.4, -0.2) is 0 Å². The molecule has 68 valence electrons. The maximum absolute atomic E-state index is 6.37. The van der Waals surface area contributed by atoms with Crippen molar-refractivity contribution in [3.8, 4) is 0 Å². The van der Waals surface area contributed by atoms with Gasteiger partial charge in [0, 0.05) is 15.6 Å². The van der Waals surface area contributed by atoms with Crippen LogP contribution in [0.15, 0.2) is 33.8 Å². The molecule has 1 N–H and O–H groups in total. The SMILES string of the molecule is N=NN=NCc1c(Cl)cccc1Cl. The molecular weight excluding hydrogens is 211 g/mol. The molecule has 0 fully saturated rings. The minimum absolute atomic E-state index is 0.237. The molecule has 4 nitrogen and oxygen atoms in total. The second-order valence-electron chi connectivity index (χ2n) is 2.19. The normalized spacial score (nSPS) is 10.6. The standard InChI is InChI=1S/C7H6Cl2N4/c8-6-2-1-3-7(9)5(6)4-11-13-12-10/h1-3,10H,4H2. The van der Waals surface area contributed by atoms with Gasteiger partial charge in [0.2, 0.25) is 0 Å². The minimum atomic E-state index is 0.237. The van der Waals surface area contributed by atoms with Crippen LogP contribution in [0.5, 0.6) is 0 Å². The van der Waals surface area contributed by atoms with Crippen molar-refractivity contribution in [3.63, 3.8) is 0 Å². The Balaban J connectivity index is 2.86. The molecule has 1 rings (SSSR count). The van der Waals surface area contributed by atoms with E-state index in [-0.39, 0.29) is 6.54 Å². The Labute approximate surface area is 85.1 Å². The molecule has 0 aliphatic heterocycles. The van der Waals surface area contributed by atoms with Crippen LogP contribution in [0.4, 0.5) is 0 Å². The van der Waals surface area contributed by atoms with Crippen LogP contribution in [-0.2, 0) is 6.54 Å². The lowest BCUT2D eigenvalue weighted by Crippen LogP contribution is -1.83. The van der Waals surface area contributed by atoms with Gasteiger partial charge in [-0.15, -0.1) is 0 Å². The van der Waals surface area contributed by atoms with E-state index < -0.39 is 0 Å². The summed E-state index contributed by atoms with van der Waals surface area (Å²) < 4.78 is 0. The summed E-state index contributed by atoms with van der Waals surface area (Å²) in [6, 6.07) is 5.19. The minimum Gasteiger partial charge on any atom is -0.183 e. The molecule has 0 unspecified atom stereocenters. The molecular formula is C7H6Cl2N4. The van der Waals surface area contributed by atoms with E-state index >= 15 is 0 Å². The predicted molar refractivity (Wildman–Crippen MR) is 50.2 cm³/mol. The zero-order valence-electron chi connectivity index (χ0n) is 6.54. The van der Waals surface area contributed by atoms with E-state index in [1.54, 1.807) is 18.2 Å². The maximum Gasteiger partial charge on any atom is 0.0901 e. The van der Waals surface area contributed by atoms with Crippen molar-refractivity contribution in [2.75, 3.05) is 0 Å². The van der Waals surface area contributed by atoms with Gasteiger partial charge in [-0.3, -0.25) is 0 Å². The Morgan fingerprint density at radius 1 is 1.23 bits per heavy atom. The summed E-state index contributed by atoms with van der Waals surface area (Å²) in [6.45, 7) is 0.237. The molecule has 0 heterocycles. The monoisotopic (exact) mass is 216 g/mol. The van der Waals surface area contributed by atoms with Crippen molar-refractivity contribution in [1.82, 2.24) is 0 Å². The Morgan fingerprint density at radius 2 is 1.85 bits per heavy atom. The van der Waals surface area contributed by atoms with Gasteiger partial charge in [0.25, 0.3) is 0 Å². The molecule has 0 aliphatic rings. The summed E-state index contributed by atoms with van der Waals surface area (Å²) in [5.41, 5.74) is 7.07. The predicted octanol–water partition coefficient (Wildman–Crippen LogP) is 3.89. The third-order valence-corrected chi connectivity index (χ3v) is 2.11. The zero-order valence-corrected chi connectivity index (χ0v) is 8.05. The Bertz CT molecular complexity index is 317. The molecule has 0 bridgehead atoms. The number of halogens is 2. The fraction of sp³-hybridized carbons (Fsp3) is 0.143. The molecule has 13 heavy (non-hydrogen) atoms. The quantitative estimate of drug-likeness (QED) is 0.589. The van der Waals surface area contributed by atoms with Gasteiger partial charge >= 0.3 is 0 Å². The fourth-order valence-corrected chi connectivity index (χ4v) is 1.33. The van der Waals surface area contributed by atoms with Crippen LogP contribution in [0.1, 0.15) is 5.56 Å². The third kappa shape index (κ3) is 2.75.